The highest BCUT2D eigenvalue weighted by molar-refractivity contribution is 7.21. The smallest absolute Gasteiger partial charge is 0.236 e. The second-order valence-electron chi connectivity index (χ2n) is 7.80. The van der Waals surface area contributed by atoms with E-state index in [0.29, 0.717) is 6.54 Å². The molecule has 0 aliphatic carbocycles. The molecule has 0 radical (unpaired) electrons. The Morgan fingerprint density at radius 1 is 0.967 bits per heavy atom. The fourth-order valence-electron chi connectivity index (χ4n) is 3.98. The molecule has 2 aromatic heterocycles. The summed E-state index contributed by atoms with van der Waals surface area (Å²) >= 11 is 1.65. The van der Waals surface area contributed by atoms with Crippen molar-refractivity contribution in [3.05, 3.63) is 42.2 Å². The first-order chi connectivity index (χ1) is 14.7. The third-order valence-electron chi connectivity index (χ3n) is 5.73. The maximum absolute atomic E-state index is 12.6. The second-order valence-corrected chi connectivity index (χ2v) is 8.83. The molecule has 0 unspecified atom stereocenters. The molecule has 0 atom stereocenters. The summed E-state index contributed by atoms with van der Waals surface area (Å²) in [5.41, 5.74) is 1.01. The third-order valence-corrected chi connectivity index (χ3v) is 6.78. The van der Waals surface area contributed by atoms with Gasteiger partial charge in [0.15, 0.2) is 10.8 Å². The molecule has 2 saturated heterocycles. The van der Waals surface area contributed by atoms with Gasteiger partial charge in [-0.25, -0.2) is 4.98 Å². The molecule has 1 aromatic carbocycles. The van der Waals surface area contributed by atoms with Gasteiger partial charge in [0.1, 0.15) is 5.76 Å². The normalized spacial score (nSPS) is 18.9. The van der Waals surface area contributed by atoms with E-state index in [2.05, 4.69) is 20.9 Å². The fourth-order valence-corrected chi connectivity index (χ4v) is 4.91. The van der Waals surface area contributed by atoms with E-state index in [4.69, 9.17) is 9.15 Å². The minimum absolute atomic E-state index is 0.229. The molecule has 2 fully saturated rings. The van der Waals surface area contributed by atoms with Gasteiger partial charge in [-0.2, -0.15) is 0 Å². The number of benzene rings is 1. The zero-order chi connectivity index (χ0) is 20.3. The minimum atomic E-state index is 0.229. The summed E-state index contributed by atoms with van der Waals surface area (Å²) in [5.74, 6) is 2.00. The lowest BCUT2D eigenvalue weighted by Crippen LogP contribution is -2.51. The summed E-state index contributed by atoms with van der Waals surface area (Å²) in [5, 5.41) is 0.918. The van der Waals surface area contributed by atoms with Gasteiger partial charge in [-0.05, 0) is 24.3 Å². The van der Waals surface area contributed by atoms with Crippen LogP contribution in [0, 0.1) is 0 Å². The Kier molecular flexibility index (Phi) is 5.81. The van der Waals surface area contributed by atoms with Crippen LogP contribution in [0.5, 0.6) is 0 Å². The highest BCUT2D eigenvalue weighted by atomic mass is 32.1. The van der Waals surface area contributed by atoms with Crippen LogP contribution < -0.4 is 0 Å². The molecule has 0 spiro atoms. The van der Waals surface area contributed by atoms with E-state index < -0.39 is 0 Å². The number of thiazole rings is 1. The molecule has 158 valence electrons. The van der Waals surface area contributed by atoms with Crippen molar-refractivity contribution in [1.29, 1.82) is 0 Å². The van der Waals surface area contributed by atoms with Gasteiger partial charge in [-0.3, -0.25) is 14.6 Å². The SMILES string of the molecule is O=C(CN1CCOCC1)N1CCN(Cc2ccc(-c3nc4ccccc4s3)o2)CC1. The molecule has 3 aromatic rings. The van der Waals surface area contributed by atoms with E-state index >= 15 is 0 Å². The van der Waals surface area contributed by atoms with E-state index in [9.17, 15) is 4.79 Å². The topological polar surface area (TPSA) is 62.1 Å². The van der Waals surface area contributed by atoms with Crippen molar-refractivity contribution in [2.24, 2.45) is 0 Å². The number of hydrogen-bond donors (Lipinski definition) is 0. The molecule has 0 saturated carbocycles. The van der Waals surface area contributed by atoms with Gasteiger partial charge in [0, 0.05) is 39.3 Å². The Morgan fingerprint density at radius 3 is 2.57 bits per heavy atom. The molecule has 2 aliphatic heterocycles. The highest BCUT2D eigenvalue weighted by Gasteiger charge is 2.24. The lowest BCUT2D eigenvalue weighted by Gasteiger charge is -2.36. The number of ether oxygens (including phenoxy) is 1. The van der Waals surface area contributed by atoms with Gasteiger partial charge in [0.05, 0.1) is 36.5 Å². The number of carbonyl (C=O) groups excluding carboxylic acids is 1. The van der Waals surface area contributed by atoms with Crippen molar-refractivity contribution in [1.82, 2.24) is 19.7 Å². The summed E-state index contributed by atoms with van der Waals surface area (Å²) in [4.78, 5) is 23.8. The number of furan rings is 1. The molecule has 30 heavy (non-hydrogen) atoms. The molecule has 4 heterocycles. The maximum atomic E-state index is 12.6. The minimum Gasteiger partial charge on any atom is -0.457 e. The van der Waals surface area contributed by atoms with Gasteiger partial charge in [-0.1, -0.05) is 12.1 Å². The van der Waals surface area contributed by atoms with Crippen molar-refractivity contribution in [3.8, 4) is 10.8 Å². The van der Waals surface area contributed by atoms with Gasteiger partial charge in [-0.15, -0.1) is 11.3 Å². The number of piperazine rings is 1. The standard InChI is InChI=1S/C22H26N4O3S/c27-21(16-25-11-13-28-14-12-25)26-9-7-24(8-10-26)15-17-5-6-19(29-17)22-23-18-3-1-2-4-20(18)30-22/h1-6H,7-16H2. The summed E-state index contributed by atoms with van der Waals surface area (Å²) in [6.07, 6.45) is 0. The molecular formula is C22H26N4O3S. The van der Waals surface area contributed by atoms with Gasteiger partial charge >= 0.3 is 0 Å². The number of aromatic nitrogens is 1. The van der Waals surface area contributed by atoms with Crippen LogP contribution in [0.15, 0.2) is 40.8 Å². The monoisotopic (exact) mass is 426 g/mol. The number of hydrogen-bond acceptors (Lipinski definition) is 7. The molecule has 0 N–H and O–H groups in total. The van der Waals surface area contributed by atoms with E-state index in [1.54, 1.807) is 11.3 Å². The van der Waals surface area contributed by atoms with Crippen LogP contribution in [-0.2, 0) is 16.1 Å². The Hall–Kier alpha value is -2.26. The van der Waals surface area contributed by atoms with E-state index in [1.165, 1.54) is 4.70 Å². The number of nitrogens with zero attached hydrogens (tertiary/aromatic N) is 4. The molecule has 7 nitrogen and oxygen atoms in total. The Morgan fingerprint density at radius 2 is 1.77 bits per heavy atom. The average molecular weight is 427 g/mol. The summed E-state index contributed by atoms with van der Waals surface area (Å²) in [6.45, 7) is 7.69. The van der Waals surface area contributed by atoms with Crippen molar-refractivity contribution >= 4 is 27.5 Å². The molecule has 8 heteroatoms. The summed E-state index contributed by atoms with van der Waals surface area (Å²) < 4.78 is 12.6. The van der Waals surface area contributed by atoms with Crippen LogP contribution in [-0.4, -0.2) is 84.6 Å². The first-order valence-electron chi connectivity index (χ1n) is 10.5. The zero-order valence-corrected chi connectivity index (χ0v) is 17.8. The quantitative estimate of drug-likeness (QED) is 0.625. The number of fused-ring (bicyclic) bond motifs is 1. The molecule has 1 amide bonds. The molecule has 2 aliphatic rings. The van der Waals surface area contributed by atoms with Crippen molar-refractivity contribution in [3.63, 3.8) is 0 Å². The summed E-state index contributed by atoms with van der Waals surface area (Å²) in [7, 11) is 0. The van der Waals surface area contributed by atoms with Crippen LogP contribution >= 0.6 is 11.3 Å². The van der Waals surface area contributed by atoms with Gasteiger partial charge in [0.25, 0.3) is 0 Å². The third kappa shape index (κ3) is 4.41. The van der Waals surface area contributed by atoms with Crippen molar-refractivity contribution < 1.29 is 13.9 Å². The largest absolute Gasteiger partial charge is 0.457 e. The second kappa shape index (κ2) is 8.85. The van der Waals surface area contributed by atoms with Crippen LogP contribution in [0.2, 0.25) is 0 Å². The average Bonchev–Trinajstić information content (AvgIpc) is 3.42. The highest BCUT2D eigenvalue weighted by Crippen LogP contribution is 2.31. The van der Waals surface area contributed by atoms with E-state index in [-0.39, 0.29) is 5.91 Å². The Balaban J connectivity index is 1.14. The summed E-state index contributed by atoms with van der Waals surface area (Å²) in [6, 6.07) is 12.2. The Bertz CT molecular complexity index is 970. The van der Waals surface area contributed by atoms with Gasteiger partial charge in [0.2, 0.25) is 5.91 Å². The number of carbonyl (C=O) groups is 1. The van der Waals surface area contributed by atoms with Crippen molar-refractivity contribution in [2.75, 3.05) is 59.0 Å². The van der Waals surface area contributed by atoms with Crippen LogP contribution in [0.3, 0.4) is 0 Å². The first-order valence-corrected chi connectivity index (χ1v) is 11.3. The molecular weight excluding hydrogens is 400 g/mol. The predicted octanol–water partition coefficient (Wildman–Crippen LogP) is 2.53. The first kappa shape index (κ1) is 19.7. The fraction of sp³-hybridized carbons (Fsp3) is 0.455. The molecule has 5 rings (SSSR count). The lowest BCUT2D eigenvalue weighted by molar-refractivity contribution is -0.135. The Labute approximate surface area is 179 Å². The molecule has 0 bridgehead atoms. The predicted molar refractivity (Wildman–Crippen MR) is 116 cm³/mol. The van der Waals surface area contributed by atoms with Crippen LogP contribution in [0.1, 0.15) is 5.76 Å². The number of para-hydroxylation sites is 1. The number of morpholine rings is 1. The lowest BCUT2D eigenvalue weighted by atomic mass is 10.2. The zero-order valence-electron chi connectivity index (χ0n) is 17.0. The van der Waals surface area contributed by atoms with Gasteiger partial charge < -0.3 is 14.1 Å². The van der Waals surface area contributed by atoms with E-state index in [0.717, 1.165) is 81.1 Å². The van der Waals surface area contributed by atoms with Crippen molar-refractivity contribution in [2.45, 2.75) is 6.54 Å². The maximum Gasteiger partial charge on any atom is 0.236 e. The van der Waals surface area contributed by atoms with E-state index in [1.807, 2.05) is 35.2 Å². The van der Waals surface area contributed by atoms with Crippen LogP contribution in [0.25, 0.3) is 21.0 Å². The van der Waals surface area contributed by atoms with Crippen LogP contribution in [0.4, 0.5) is 0 Å². The number of rotatable bonds is 5. The number of amides is 1.